The molecule has 5 rings (SSSR count). The molecule has 0 saturated carbocycles. The van der Waals surface area contributed by atoms with E-state index in [0.717, 1.165) is 79.7 Å². The third-order valence-corrected chi connectivity index (χ3v) is 7.30. The summed E-state index contributed by atoms with van der Waals surface area (Å²) in [4.78, 5) is 34.9. The van der Waals surface area contributed by atoms with E-state index >= 15 is 0 Å². The molecule has 0 atom stereocenters. The molecular weight excluding hydrogens is 440 g/mol. The molecule has 2 aromatic rings. The summed E-state index contributed by atoms with van der Waals surface area (Å²) < 4.78 is 0. The number of rotatable bonds is 5. The molecule has 2 aromatic carbocycles. The molecule has 1 fully saturated rings. The van der Waals surface area contributed by atoms with Crippen LogP contribution in [0.15, 0.2) is 35.3 Å². The number of amides is 2. The number of phenols is 1. The molecule has 35 heavy (non-hydrogen) atoms. The van der Waals surface area contributed by atoms with Gasteiger partial charge in [-0.15, -0.1) is 0 Å². The molecule has 3 heterocycles. The van der Waals surface area contributed by atoms with E-state index in [1.807, 2.05) is 29.2 Å². The van der Waals surface area contributed by atoms with Crippen LogP contribution in [0.4, 0.5) is 0 Å². The van der Waals surface area contributed by atoms with Gasteiger partial charge in [0.15, 0.2) is 0 Å². The number of unbranched alkanes of at least 4 members (excludes halogenated alkanes) is 1. The Morgan fingerprint density at radius 3 is 2.60 bits per heavy atom. The summed E-state index contributed by atoms with van der Waals surface area (Å²) in [7, 11) is 0. The van der Waals surface area contributed by atoms with Gasteiger partial charge in [0.25, 0.3) is 11.8 Å². The maximum Gasteiger partial charge on any atom is 0.258 e. The van der Waals surface area contributed by atoms with Crippen molar-refractivity contribution in [1.82, 2.24) is 15.1 Å². The van der Waals surface area contributed by atoms with E-state index in [4.69, 9.17) is 4.99 Å². The van der Waals surface area contributed by atoms with Crippen molar-refractivity contribution >= 4 is 17.5 Å². The predicted octanol–water partition coefficient (Wildman–Crippen LogP) is 3.52. The zero-order valence-corrected chi connectivity index (χ0v) is 20.5. The molecule has 7 heteroatoms. The van der Waals surface area contributed by atoms with Crippen molar-refractivity contribution in [3.63, 3.8) is 0 Å². The smallest absolute Gasteiger partial charge is 0.258 e. The summed E-state index contributed by atoms with van der Waals surface area (Å²) in [5, 5.41) is 14.1. The molecule has 0 aromatic heterocycles. The lowest BCUT2D eigenvalue weighted by Crippen LogP contribution is -2.46. The fraction of sp³-hybridized carbons (Fsp3) is 0.464. The molecule has 7 nitrogen and oxygen atoms in total. The molecule has 0 radical (unpaired) electrons. The van der Waals surface area contributed by atoms with Gasteiger partial charge in [-0.05, 0) is 72.2 Å². The standard InChI is InChI=1S/C28H34N4O3/c1-2-3-6-25-23-16-24(26(33)15-19(23)5-4-9-30-25)28(35)32-17-21-8-7-20(14-22(21)18-32)27(34)31-12-10-29-11-13-31/h7-8,14-16,29,33H,2-6,9-13,17-18H2,1H3. The van der Waals surface area contributed by atoms with Crippen molar-refractivity contribution in [3.8, 4) is 5.75 Å². The number of hydrogen-bond acceptors (Lipinski definition) is 5. The van der Waals surface area contributed by atoms with E-state index in [-0.39, 0.29) is 17.6 Å². The van der Waals surface area contributed by atoms with Crippen LogP contribution in [0.3, 0.4) is 0 Å². The number of piperazine rings is 1. The van der Waals surface area contributed by atoms with Crippen LogP contribution in [0.1, 0.15) is 75.6 Å². The third-order valence-electron chi connectivity index (χ3n) is 7.30. The van der Waals surface area contributed by atoms with Gasteiger partial charge in [0.05, 0.1) is 5.56 Å². The van der Waals surface area contributed by atoms with Gasteiger partial charge in [-0.3, -0.25) is 14.6 Å². The van der Waals surface area contributed by atoms with Gasteiger partial charge in [0.1, 0.15) is 5.75 Å². The average Bonchev–Trinajstić information content (AvgIpc) is 3.22. The van der Waals surface area contributed by atoms with E-state index in [2.05, 4.69) is 12.2 Å². The van der Waals surface area contributed by atoms with Gasteiger partial charge in [-0.25, -0.2) is 0 Å². The normalized spacial score (nSPS) is 17.5. The second kappa shape index (κ2) is 10.2. The Kier molecular flexibility index (Phi) is 6.86. The Bertz CT molecular complexity index is 1170. The lowest BCUT2D eigenvalue weighted by molar-refractivity contribution is 0.0734. The number of nitrogens with zero attached hydrogens (tertiary/aromatic N) is 3. The van der Waals surface area contributed by atoms with Crippen LogP contribution in [0.25, 0.3) is 0 Å². The monoisotopic (exact) mass is 474 g/mol. The first kappa shape index (κ1) is 23.5. The minimum Gasteiger partial charge on any atom is -0.507 e. The maximum atomic E-state index is 13.5. The SMILES string of the molecule is CCCCC1=NCCCc2cc(O)c(C(=O)N3Cc4ccc(C(=O)N5CCNCC5)cc4C3)cc21. The van der Waals surface area contributed by atoms with E-state index in [1.54, 1.807) is 11.0 Å². The highest BCUT2D eigenvalue weighted by molar-refractivity contribution is 6.06. The van der Waals surface area contributed by atoms with Gasteiger partial charge < -0.3 is 20.2 Å². The van der Waals surface area contributed by atoms with E-state index in [0.29, 0.717) is 37.3 Å². The topological polar surface area (TPSA) is 85.2 Å². The van der Waals surface area contributed by atoms with Crippen molar-refractivity contribution in [3.05, 3.63) is 63.7 Å². The Labute approximate surface area is 206 Å². The van der Waals surface area contributed by atoms with Crippen LogP contribution >= 0.6 is 0 Å². The number of benzene rings is 2. The molecule has 0 spiro atoms. The van der Waals surface area contributed by atoms with Crippen LogP contribution in [0.5, 0.6) is 5.75 Å². The first-order chi connectivity index (χ1) is 17.0. The lowest BCUT2D eigenvalue weighted by atomic mass is 9.94. The minimum atomic E-state index is -0.185. The molecule has 3 aliphatic heterocycles. The van der Waals surface area contributed by atoms with Crippen molar-refractivity contribution in [2.75, 3.05) is 32.7 Å². The van der Waals surface area contributed by atoms with Crippen LogP contribution < -0.4 is 5.32 Å². The maximum absolute atomic E-state index is 13.5. The van der Waals surface area contributed by atoms with E-state index < -0.39 is 0 Å². The summed E-state index contributed by atoms with van der Waals surface area (Å²) >= 11 is 0. The number of nitrogens with one attached hydrogen (secondary N) is 1. The number of hydrogen-bond donors (Lipinski definition) is 2. The van der Waals surface area contributed by atoms with Gasteiger partial charge >= 0.3 is 0 Å². The van der Waals surface area contributed by atoms with E-state index in [1.165, 1.54) is 0 Å². The Morgan fingerprint density at radius 2 is 1.80 bits per heavy atom. The number of carbonyl (C=O) groups is 2. The highest BCUT2D eigenvalue weighted by Gasteiger charge is 2.29. The summed E-state index contributed by atoms with van der Waals surface area (Å²) in [6.45, 7) is 6.91. The summed E-state index contributed by atoms with van der Waals surface area (Å²) in [5.41, 5.74) is 6.19. The molecule has 184 valence electrons. The number of aliphatic imine (C=N–C) groups is 1. The summed E-state index contributed by atoms with van der Waals surface area (Å²) in [5.74, 6) is -0.104. The largest absolute Gasteiger partial charge is 0.507 e. The quantitative estimate of drug-likeness (QED) is 0.695. The molecular formula is C28H34N4O3. The second-order valence-corrected chi connectivity index (χ2v) is 9.75. The molecule has 0 aliphatic carbocycles. The number of phenolic OH excluding ortho intramolecular Hbond substituents is 1. The van der Waals surface area contributed by atoms with Gasteiger partial charge in [-0.2, -0.15) is 0 Å². The highest BCUT2D eigenvalue weighted by Crippen LogP contribution is 2.31. The number of fused-ring (bicyclic) bond motifs is 2. The number of carbonyl (C=O) groups excluding carboxylic acids is 2. The first-order valence-electron chi connectivity index (χ1n) is 12.9. The fourth-order valence-corrected chi connectivity index (χ4v) is 5.30. The zero-order valence-electron chi connectivity index (χ0n) is 20.5. The summed E-state index contributed by atoms with van der Waals surface area (Å²) in [6.07, 6.45) is 4.84. The van der Waals surface area contributed by atoms with Gasteiger partial charge in [0.2, 0.25) is 0 Å². The van der Waals surface area contributed by atoms with Crippen molar-refractivity contribution < 1.29 is 14.7 Å². The fourth-order valence-electron chi connectivity index (χ4n) is 5.30. The minimum absolute atomic E-state index is 0.0380. The van der Waals surface area contributed by atoms with Gasteiger partial charge in [-0.1, -0.05) is 19.4 Å². The Hall–Kier alpha value is -3.19. The van der Waals surface area contributed by atoms with Crippen molar-refractivity contribution in [2.45, 2.75) is 52.1 Å². The predicted molar refractivity (Wildman–Crippen MR) is 136 cm³/mol. The lowest BCUT2D eigenvalue weighted by Gasteiger charge is -2.27. The first-order valence-corrected chi connectivity index (χ1v) is 12.9. The molecule has 3 aliphatic rings. The van der Waals surface area contributed by atoms with Crippen LogP contribution in [0.2, 0.25) is 0 Å². The van der Waals surface area contributed by atoms with Crippen molar-refractivity contribution in [1.29, 1.82) is 0 Å². The highest BCUT2D eigenvalue weighted by atomic mass is 16.3. The molecule has 2 N–H and O–H groups in total. The van der Waals surface area contributed by atoms with Crippen LogP contribution in [-0.4, -0.2) is 65.2 Å². The zero-order chi connectivity index (χ0) is 24.4. The second-order valence-electron chi connectivity index (χ2n) is 9.75. The van der Waals surface area contributed by atoms with Crippen molar-refractivity contribution in [2.24, 2.45) is 4.99 Å². The number of aryl methyl sites for hydroxylation is 1. The molecule has 0 bridgehead atoms. The average molecular weight is 475 g/mol. The molecule has 2 amide bonds. The van der Waals surface area contributed by atoms with E-state index in [9.17, 15) is 14.7 Å². The van der Waals surface area contributed by atoms with Crippen LogP contribution in [-0.2, 0) is 19.5 Å². The molecule has 1 saturated heterocycles. The Balaban J connectivity index is 1.36. The number of aromatic hydroxyl groups is 1. The van der Waals surface area contributed by atoms with Gasteiger partial charge in [0, 0.05) is 57.1 Å². The summed E-state index contributed by atoms with van der Waals surface area (Å²) in [6, 6.07) is 9.38. The Morgan fingerprint density at radius 1 is 1.00 bits per heavy atom. The molecule has 0 unspecified atom stereocenters. The van der Waals surface area contributed by atoms with Crippen LogP contribution in [0, 0.1) is 0 Å². The third kappa shape index (κ3) is 4.82.